The van der Waals surface area contributed by atoms with Gasteiger partial charge in [-0.1, -0.05) is 42.2 Å². The van der Waals surface area contributed by atoms with Crippen molar-refractivity contribution in [3.63, 3.8) is 0 Å². The van der Waals surface area contributed by atoms with Gasteiger partial charge >= 0.3 is 6.09 Å². The van der Waals surface area contributed by atoms with E-state index in [1.165, 1.54) is 21.9 Å². The van der Waals surface area contributed by atoms with E-state index in [0.717, 1.165) is 21.7 Å². The van der Waals surface area contributed by atoms with Crippen LogP contribution in [0.3, 0.4) is 0 Å². The minimum atomic E-state index is -3.57. The molecule has 0 N–H and O–H groups in total. The van der Waals surface area contributed by atoms with Crippen molar-refractivity contribution in [2.75, 3.05) is 24.2 Å². The number of ether oxygens (including phenoxy) is 2. The lowest BCUT2D eigenvalue weighted by Gasteiger charge is -2.29. The fraction of sp³-hybridized carbons (Fsp3) is 0.455. The Bertz CT molecular complexity index is 1100. The zero-order chi connectivity index (χ0) is 23.7. The van der Waals surface area contributed by atoms with Crippen molar-refractivity contribution >= 4 is 38.3 Å². The number of hydrogen-bond acceptors (Lipinski definition) is 7. The summed E-state index contributed by atoms with van der Waals surface area (Å²) in [5.74, 6) is 0.540. The number of amides is 1. The molecule has 174 valence electrons. The molecule has 1 amide bonds. The number of aromatic nitrogens is 1. The second-order valence-corrected chi connectivity index (χ2v) is 11.6. The molecule has 0 saturated carbocycles. The summed E-state index contributed by atoms with van der Waals surface area (Å²) in [5.41, 5.74) is 1.89. The average molecular weight is 480 g/mol. The lowest BCUT2D eigenvalue weighted by Crippen LogP contribution is -2.39. The summed E-state index contributed by atoms with van der Waals surface area (Å²) in [7, 11) is -2.02. The predicted molar refractivity (Wildman–Crippen MR) is 126 cm³/mol. The Morgan fingerprint density at radius 2 is 1.94 bits per heavy atom. The van der Waals surface area contributed by atoms with Gasteiger partial charge in [-0.05, 0) is 26.3 Å². The van der Waals surface area contributed by atoms with Gasteiger partial charge in [-0.3, -0.25) is 0 Å². The Hall–Kier alpha value is -2.59. The van der Waals surface area contributed by atoms with Crippen molar-refractivity contribution in [1.82, 2.24) is 9.88 Å². The topological polar surface area (TPSA) is 89.0 Å². The number of rotatable bonds is 6. The van der Waals surface area contributed by atoms with Crippen LogP contribution in [0.25, 0.3) is 5.76 Å². The third-order valence-corrected chi connectivity index (χ3v) is 7.16. The summed E-state index contributed by atoms with van der Waals surface area (Å²) in [4.78, 5) is 19.5. The maximum atomic E-state index is 12.6. The Labute approximate surface area is 193 Å². The molecule has 0 bridgehead atoms. The van der Waals surface area contributed by atoms with Gasteiger partial charge < -0.3 is 14.4 Å². The van der Waals surface area contributed by atoms with Crippen molar-refractivity contribution in [1.29, 1.82) is 0 Å². The number of carbonyl (C=O) groups is 1. The molecular formula is C22H29N3O5S2. The zero-order valence-electron chi connectivity index (χ0n) is 19.0. The summed E-state index contributed by atoms with van der Waals surface area (Å²) >= 11 is 1.29. The Kier molecular flexibility index (Phi) is 6.85. The first-order valence-corrected chi connectivity index (χ1v) is 12.8. The van der Waals surface area contributed by atoms with E-state index in [2.05, 4.69) is 11.6 Å². The Morgan fingerprint density at radius 1 is 1.28 bits per heavy atom. The van der Waals surface area contributed by atoms with Gasteiger partial charge in [0.2, 0.25) is 10.0 Å². The molecular weight excluding hydrogens is 450 g/mol. The first-order valence-electron chi connectivity index (χ1n) is 10.1. The molecule has 0 saturated heterocycles. The zero-order valence-corrected chi connectivity index (χ0v) is 20.7. The van der Waals surface area contributed by atoms with Crippen molar-refractivity contribution in [3.8, 4) is 0 Å². The Balaban J connectivity index is 1.81. The fourth-order valence-electron chi connectivity index (χ4n) is 3.18. The number of hydrogen-bond donors (Lipinski definition) is 0. The second-order valence-electron chi connectivity index (χ2n) is 8.61. The van der Waals surface area contributed by atoms with E-state index in [0.29, 0.717) is 30.4 Å². The van der Waals surface area contributed by atoms with Crippen LogP contribution in [-0.2, 0) is 39.0 Å². The first-order chi connectivity index (χ1) is 14.9. The van der Waals surface area contributed by atoms with Crippen molar-refractivity contribution in [2.24, 2.45) is 0 Å². The van der Waals surface area contributed by atoms with Crippen LogP contribution in [0.5, 0.6) is 0 Å². The molecule has 1 aliphatic heterocycles. The molecule has 32 heavy (non-hydrogen) atoms. The van der Waals surface area contributed by atoms with Crippen molar-refractivity contribution < 1.29 is 22.7 Å². The molecule has 0 radical (unpaired) electrons. The maximum Gasteiger partial charge on any atom is 0.410 e. The van der Waals surface area contributed by atoms with E-state index >= 15 is 0 Å². The van der Waals surface area contributed by atoms with Crippen LogP contribution in [0.15, 0.2) is 30.8 Å². The van der Waals surface area contributed by atoms with Gasteiger partial charge in [-0.2, -0.15) is 0 Å². The van der Waals surface area contributed by atoms with Gasteiger partial charge in [0.1, 0.15) is 11.4 Å². The molecule has 2 aromatic rings. The highest BCUT2D eigenvalue weighted by Gasteiger charge is 2.30. The molecule has 8 nitrogen and oxygen atoms in total. The molecule has 0 unspecified atom stereocenters. The SMILES string of the molecule is C=C(OC)c1ccc(CN(c2nc3c(s2)CN(C(=O)OC(C)(C)C)CC3)S(C)(=O)=O)cc1. The van der Waals surface area contributed by atoms with Gasteiger partial charge in [0.25, 0.3) is 0 Å². The number of sulfonamides is 1. The van der Waals surface area contributed by atoms with E-state index in [-0.39, 0.29) is 12.6 Å². The highest BCUT2D eigenvalue weighted by Crippen LogP contribution is 2.33. The number of thiazole rings is 1. The van der Waals surface area contributed by atoms with E-state index < -0.39 is 15.6 Å². The number of carbonyl (C=O) groups excluding carboxylic acids is 1. The van der Waals surface area contributed by atoms with Gasteiger partial charge in [0.05, 0.1) is 32.1 Å². The van der Waals surface area contributed by atoms with E-state index in [1.807, 2.05) is 45.0 Å². The fourth-order valence-corrected chi connectivity index (χ4v) is 5.43. The highest BCUT2D eigenvalue weighted by atomic mass is 32.2. The molecule has 0 spiro atoms. The van der Waals surface area contributed by atoms with Gasteiger partial charge in [-0.25, -0.2) is 22.5 Å². The van der Waals surface area contributed by atoms with Crippen LogP contribution in [0.1, 0.15) is 42.5 Å². The predicted octanol–water partition coefficient (Wildman–Crippen LogP) is 4.02. The number of methoxy groups -OCH3 is 1. The Morgan fingerprint density at radius 3 is 2.50 bits per heavy atom. The number of nitrogens with zero attached hydrogens (tertiary/aromatic N) is 3. The molecule has 10 heteroatoms. The molecule has 1 aromatic carbocycles. The van der Waals surface area contributed by atoms with E-state index in [9.17, 15) is 13.2 Å². The van der Waals surface area contributed by atoms with Gasteiger partial charge in [0.15, 0.2) is 5.13 Å². The standard InChI is InChI=1S/C22H29N3O5S2/c1-15(29-5)17-9-7-16(8-10-17)13-25(32(6,27)28)20-23-18-11-12-24(14-19(18)31-20)21(26)30-22(2,3)4/h7-10H,1,11-14H2,2-6H3. The third kappa shape index (κ3) is 5.80. The largest absolute Gasteiger partial charge is 0.497 e. The normalized spacial score (nSPS) is 14.0. The summed E-state index contributed by atoms with van der Waals surface area (Å²) in [6, 6.07) is 7.37. The highest BCUT2D eigenvalue weighted by molar-refractivity contribution is 7.92. The monoisotopic (exact) mass is 479 g/mol. The minimum absolute atomic E-state index is 0.154. The molecule has 3 rings (SSSR count). The number of anilines is 1. The summed E-state index contributed by atoms with van der Waals surface area (Å²) in [6.07, 6.45) is 1.34. The lowest BCUT2D eigenvalue weighted by molar-refractivity contribution is 0.0225. The van der Waals surface area contributed by atoms with Gasteiger partial charge in [0, 0.05) is 23.4 Å². The third-order valence-electron chi connectivity index (χ3n) is 4.83. The number of fused-ring (bicyclic) bond motifs is 1. The van der Waals surface area contributed by atoms with Crippen LogP contribution in [0.2, 0.25) is 0 Å². The molecule has 2 heterocycles. The van der Waals surface area contributed by atoms with Crippen LogP contribution in [-0.4, -0.2) is 49.9 Å². The average Bonchev–Trinajstić information content (AvgIpc) is 3.12. The van der Waals surface area contributed by atoms with Crippen molar-refractivity contribution in [2.45, 2.75) is 45.9 Å². The first kappa shape index (κ1) is 24.1. The molecule has 0 atom stereocenters. The molecule has 0 fully saturated rings. The maximum absolute atomic E-state index is 12.6. The quantitative estimate of drug-likeness (QED) is 0.582. The van der Waals surface area contributed by atoms with Crippen LogP contribution >= 0.6 is 11.3 Å². The minimum Gasteiger partial charge on any atom is -0.497 e. The summed E-state index contributed by atoms with van der Waals surface area (Å²) in [5, 5.41) is 0.397. The number of benzene rings is 1. The molecule has 1 aromatic heterocycles. The van der Waals surface area contributed by atoms with E-state index in [1.54, 1.807) is 12.0 Å². The van der Waals surface area contributed by atoms with Crippen LogP contribution < -0.4 is 4.31 Å². The van der Waals surface area contributed by atoms with Crippen LogP contribution in [0, 0.1) is 0 Å². The lowest BCUT2D eigenvalue weighted by atomic mass is 10.1. The van der Waals surface area contributed by atoms with Crippen LogP contribution in [0.4, 0.5) is 9.93 Å². The summed E-state index contributed by atoms with van der Waals surface area (Å²) in [6.45, 7) is 10.3. The summed E-state index contributed by atoms with van der Waals surface area (Å²) < 4.78 is 37.0. The second kappa shape index (κ2) is 9.11. The van der Waals surface area contributed by atoms with Crippen molar-refractivity contribution in [3.05, 3.63) is 52.5 Å². The smallest absolute Gasteiger partial charge is 0.410 e. The molecule has 0 aliphatic carbocycles. The van der Waals surface area contributed by atoms with E-state index in [4.69, 9.17) is 9.47 Å². The van der Waals surface area contributed by atoms with Gasteiger partial charge in [-0.15, -0.1) is 0 Å². The molecule has 1 aliphatic rings.